The molecule has 1 aliphatic heterocycles. The maximum absolute atomic E-state index is 14.6. The molecule has 258 valence electrons. The van der Waals surface area contributed by atoms with Gasteiger partial charge in [0, 0.05) is 5.92 Å². The highest BCUT2D eigenvalue weighted by Crippen LogP contribution is 2.75. The fraction of sp³-hybridized carbons (Fsp3) is 0.861. The molecule has 0 radical (unpaired) electrons. The number of hydrogen-bond acceptors (Lipinski definition) is 8. The van der Waals surface area contributed by atoms with Crippen LogP contribution in [0.2, 0.25) is 0 Å². The minimum Gasteiger partial charge on any atom is -0.481 e. The fourth-order valence-corrected chi connectivity index (χ4v) is 11.9. The molecule has 10 heteroatoms. The second-order valence-electron chi connectivity index (χ2n) is 17.8. The van der Waals surface area contributed by atoms with E-state index >= 15 is 0 Å². The number of ether oxygens (including phenoxy) is 2. The molecule has 46 heavy (non-hydrogen) atoms. The molecule has 0 aromatic rings. The zero-order valence-electron chi connectivity index (χ0n) is 28.4. The predicted octanol–water partition coefficient (Wildman–Crippen LogP) is 4.33. The van der Waals surface area contributed by atoms with E-state index in [1.54, 1.807) is 0 Å². The summed E-state index contributed by atoms with van der Waals surface area (Å²) < 4.78 is 11.8. The summed E-state index contributed by atoms with van der Waals surface area (Å²) in [5.41, 5.74) is -1.03. The first-order chi connectivity index (χ1) is 21.2. The highest BCUT2D eigenvalue weighted by Gasteiger charge is 2.70. The molecule has 0 spiro atoms. The van der Waals surface area contributed by atoms with Crippen LogP contribution in [0.25, 0.3) is 0 Å². The van der Waals surface area contributed by atoms with Gasteiger partial charge >= 0.3 is 11.9 Å². The van der Waals surface area contributed by atoms with Gasteiger partial charge in [0.15, 0.2) is 18.2 Å². The van der Waals surface area contributed by atoms with E-state index in [0.717, 1.165) is 32.1 Å². The Balaban J connectivity index is 1.31. The second kappa shape index (κ2) is 10.6. The molecule has 4 saturated carbocycles. The topological polar surface area (TPSA) is 171 Å². The maximum Gasteiger partial charge on any atom is 0.335 e. The molecule has 9 unspecified atom stereocenters. The van der Waals surface area contributed by atoms with Crippen molar-refractivity contribution in [3.05, 3.63) is 11.6 Å². The summed E-state index contributed by atoms with van der Waals surface area (Å²) in [5, 5.41) is 50.9. The zero-order chi connectivity index (χ0) is 34.0. The van der Waals surface area contributed by atoms with Crippen LogP contribution in [0.4, 0.5) is 0 Å². The molecule has 0 aromatic carbocycles. The minimum absolute atomic E-state index is 0.0166. The molecule has 5 N–H and O–H groups in total. The molecular weight excluding hydrogens is 592 g/mol. The van der Waals surface area contributed by atoms with Gasteiger partial charge in [0.25, 0.3) is 0 Å². The summed E-state index contributed by atoms with van der Waals surface area (Å²) in [4.78, 5) is 38.7. The Morgan fingerprint density at radius 3 is 2.13 bits per heavy atom. The number of aliphatic hydroxyl groups excluding tert-OH is 3. The normalized spacial score (nSPS) is 53.1. The van der Waals surface area contributed by atoms with Crippen molar-refractivity contribution in [2.75, 3.05) is 0 Å². The van der Waals surface area contributed by atoms with Gasteiger partial charge in [-0.25, -0.2) is 4.79 Å². The van der Waals surface area contributed by atoms with Crippen LogP contribution in [0, 0.1) is 50.2 Å². The molecule has 6 aliphatic rings. The lowest BCUT2D eigenvalue weighted by molar-refractivity contribution is -0.323. The van der Waals surface area contributed by atoms with Gasteiger partial charge in [-0.2, -0.15) is 0 Å². The number of fused-ring (bicyclic) bond motifs is 7. The summed E-state index contributed by atoms with van der Waals surface area (Å²) in [6.45, 7) is 15.3. The third-order valence-corrected chi connectivity index (χ3v) is 15.1. The number of carbonyl (C=O) groups excluding carboxylic acids is 1. The smallest absolute Gasteiger partial charge is 0.335 e. The quantitative estimate of drug-likeness (QED) is 0.277. The van der Waals surface area contributed by atoms with Gasteiger partial charge in [-0.1, -0.05) is 47.1 Å². The maximum atomic E-state index is 14.6. The summed E-state index contributed by atoms with van der Waals surface area (Å²) in [5.74, 6) is -2.15. The molecule has 0 amide bonds. The third-order valence-electron chi connectivity index (χ3n) is 15.1. The molecule has 0 bridgehead atoms. The first-order valence-electron chi connectivity index (χ1n) is 17.2. The Kier molecular flexibility index (Phi) is 7.82. The first-order valence-corrected chi connectivity index (χ1v) is 17.2. The van der Waals surface area contributed by atoms with Crippen molar-refractivity contribution < 1.29 is 49.4 Å². The molecular formula is C36H54O10. The zero-order valence-corrected chi connectivity index (χ0v) is 28.4. The van der Waals surface area contributed by atoms with Crippen molar-refractivity contribution in [3.63, 3.8) is 0 Å². The van der Waals surface area contributed by atoms with E-state index in [0.29, 0.717) is 25.7 Å². The number of aliphatic carboxylic acids is 2. The van der Waals surface area contributed by atoms with E-state index in [2.05, 4.69) is 41.5 Å². The first kappa shape index (κ1) is 34.0. The monoisotopic (exact) mass is 646 g/mol. The highest BCUT2D eigenvalue weighted by molar-refractivity contribution is 5.95. The average molecular weight is 647 g/mol. The lowest BCUT2D eigenvalue weighted by atomic mass is 9.33. The van der Waals surface area contributed by atoms with Crippen LogP contribution < -0.4 is 0 Å². The van der Waals surface area contributed by atoms with Gasteiger partial charge in [0.2, 0.25) is 0 Å². The van der Waals surface area contributed by atoms with Gasteiger partial charge in [-0.05, 0) is 110 Å². The summed E-state index contributed by atoms with van der Waals surface area (Å²) in [7, 11) is 0. The van der Waals surface area contributed by atoms with E-state index in [1.807, 2.05) is 13.0 Å². The predicted molar refractivity (Wildman–Crippen MR) is 166 cm³/mol. The van der Waals surface area contributed by atoms with Crippen molar-refractivity contribution in [2.24, 2.45) is 50.2 Å². The van der Waals surface area contributed by atoms with Crippen molar-refractivity contribution in [2.45, 2.75) is 143 Å². The van der Waals surface area contributed by atoms with Gasteiger partial charge in [-0.15, -0.1) is 0 Å². The SMILES string of the molecule is CC1(C)C(OC2OC(C(=O)O)C(O)C(O)C2O)CC[C@@]2(C)C1CC[C@]1(C)C2C(=O)C=C2C3C[C@@](C)(C(=O)O)CC[C@]3(C)CC[C@]21C. The van der Waals surface area contributed by atoms with Gasteiger partial charge in [-0.3, -0.25) is 9.59 Å². The number of hydrogen-bond donors (Lipinski definition) is 5. The molecule has 1 saturated heterocycles. The van der Waals surface area contributed by atoms with Crippen LogP contribution in [0.15, 0.2) is 11.6 Å². The number of aliphatic hydroxyl groups is 3. The molecule has 1 heterocycles. The van der Waals surface area contributed by atoms with E-state index in [-0.39, 0.29) is 45.2 Å². The van der Waals surface area contributed by atoms with E-state index in [4.69, 9.17) is 9.47 Å². The summed E-state index contributed by atoms with van der Waals surface area (Å²) in [6, 6.07) is 0. The van der Waals surface area contributed by atoms with E-state index in [9.17, 15) is 39.9 Å². The molecule has 10 nitrogen and oxygen atoms in total. The molecule has 5 fully saturated rings. The Bertz CT molecular complexity index is 1340. The highest BCUT2D eigenvalue weighted by atomic mass is 16.7. The van der Waals surface area contributed by atoms with Crippen LogP contribution in [-0.4, -0.2) is 80.1 Å². The van der Waals surface area contributed by atoms with E-state index in [1.165, 1.54) is 5.57 Å². The molecule has 14 atom stereocenters. The number of carboxylic acid groups (broad SMARTS) is 2. The van der Waals surface area contributed by atoms with Crippen molar-refractivity contribution in [3.8, 4) is 0 Å². The average Bonchev–Trinajstić information content (AvgIpc) is 2.96. The Labute approximate surface area is 271 Å². The van der Waals surface area contributed by atoms with E-state index < -0.39 is 59.6 Å². The van der Waals surface area contributed by atoms with Crippen LogP contribution in [0.3, 0.4) is 0 Å². The summed E-state index contributed by atoms with van der Waals surface area (Å²) in [6.07, 6.45) is 0.183. The molecule has 6 rings (SSSR count). The van der Waals surface area contributed by atoms with Gasteiger partial charge in [0.1, 0.15) is 18.3 Å². The van der Waals surface area contributed by atoms with Crippen molar-refractivity contribution in [1.29, 1.82) is 0 Å². The number of carbonyl (C=O) groups is 3. The van der Waals surface area contributed by atoms with Crippen molar-refractivity contribution >= 4 is 17.7 Å². The standard InChI is InChI=1S/C36H54O10/c1-31(2)21-8-11-36(7)27(34(21,5)10-9-22(31)45-29-25(40)23(38)24(39)26(46-29)28(41)42)20(37)16-18-19-17-33(4,30(43)44)13-12-32(19,3)14-15-35(18,36)6/h16,19,21-27,29,38-40H,8-15,17H2,1-7H3,(H,41,42)(H,43,44)/t19?,21?,22?,23?,24?,25?,26?,27?,29?,32-,33+,34+,35-,36-/m1/s1. The lowest BCUT2D eigenvalue weighted by Gasteiger charge is -2.70. The number of ketones is 1. The molecule has 0 aromatic heterocycles. The van der Waals surface area contributed by atoms with Crippen LogP contribution >= 0.6 is 0 Å². The van der Waals surface area contributed by atoms with Crippen LogP contribution in [-0.2, 0) is 23.9 Å². The number of allylic oxidation sites excluding steroid dienone is 2. The Morgan fingerprint density at radius 1 is 0.848 bits per heavy atom. The second-order valence-corrected chi connectivity index (χ2v) is 17.8. The fourth-order valence-electron chi connectivity index (χ4n) is 11.9. The minimum atomic E-state index is -1.79. The Morgan fingerprint density at radius 2 is 1.50 bits per heavy atom. The Hall–Kier alpha value is -1.85. The van der Waals surface area contributed by atoms with Crippen LogP contribution in [0.1, 0.15) is 106 Å². The van der Waals surface area contributed by atoms with Crippen molar-refractivity contribution in [1.82, 2.24) is 0 Å². The number of carboxylic acids is 2. The summed E-state index contributed by atoms with van der Waals surface area (Å²) >= 11 is 0. The van der Waals surface area contributed by atoms with Gasteiger partial charge < -0.3 is 35.0 Å². The lowest BCUT2D eigenvalue weighted by Crippen LogP contribution is -2.67. The molecule has 5 aliphatic carbocycles. The van der Waals surface area contributed by atoms with Gasteiger partial charge in [0.05, 0.1) is 11.5 Å². The van der Waals surface area contributed by atoms with Crippen LogP contribution in [0.5, 0.6) is 0 Å². The third kappa shape index (κ3) is 4.49. The largest absolute Gasteiger partial charge is 0.481 e. The number of rotatable bonds is 4.